The molecule has 186 valence electrons. The van der Waals surface area contributed by atoms with E-state index in [1.165, 1.54) is 12.0 Å². The molecule has 2 aromatic carbocycles. The lowest BCUT2D eigenvalue weighted by Crippen LogP contribution is -3.00. The Bertz CT molecular complexity index is 973. The fraction of sp³-hybridized carbons (Fsp3) is 0.423. The van der Waals surface area contributed by atoms with Crippen molar-refractivity contribution in [2.24, 2.45) is 0 Å². The Morgan fingerprint density at radius 3 is 2.24 bits per heavy atom. The van der Waals surface area contributed by atoms with Crippen molar-refractivity contribution in [2.75, 3.05) is 34.9 Å². The van der Waals surface area contributed by atoms with Gasteiger partial charge in [-0.2, -0.15) is 0 Å². The molecule has 2 aromatic rings. The highest BCUT2D eigenvalue weighted by molar-refractivity contribution is 5.96. The summed E-state index contributed by atoms with van der Waals surface area (Å²) >= 11 is 0. The zero-order valence-electron chi connectivity index (χ0n) is 20.2. The Hall–Kier alpha value is -2.74. The predicted octanol–water partition coefficient (Wildman–Crippen LogP) is 0.327. The molecule has 0 spiro atoms. The molecule has 2 N–H and O–H groups in total. The summed E-state index contributed by atoms with van der Waals surface area (Å²) in [6, 6.07) is 14.7. The van der Waals surface area contributed by atoms with Crippen molar-refractivity contribution in [3.8, 4) is 17.2 Å². The van der Waals surface area contributed by atoms with Gasteiger partial charge < -0.3 is 37.0 Å². The number of carbonyl (C=O) groups is 1. The molecule has 1 saturated heterocycles. The molecule has 2 heterocycles. The van der Waals surface area contributed by atoms with Crippen LogP contribution >= 0.6 is 0 Å². The summed E-state index contributed by atoms with van der Waals surface area (Å²) in [6.45, 7) is 0.620. The van der Waals surface area contributed by atoms with Gasteiger partial charge in [0.05, 0.1) is 21.3 Å². The van der Waals surface area contributed by atoms with Crippen LogP contribution in [0.1, 0.15) is 35.2 Å². The fourth-order valence-corrected chi connectivity index (χ4v) is 4.84. The van der Waals surface area contributed by atoms with E-state index >= 15 is 0 Å². The molecular formula is C26H34ClN2O5-. The third kappa shape index (κ3) is 5.49. The Balaban J connectivity index is 0.00000204. The smallest absolute Gasteiger partial charge is 0.258 e. The van der Waals surface area contributed by atoms with Crippen LogP contribution in [0.15, 0.2) is 54.2 Å². The number of amides is 1. The minimum atomic E-state index is -0.0459. The van der Waals surface area contributed by atoms with Crippen LogP contribution in [-0.4, -0.2) is 68.2 Å². The van der Waals surface area contributed by atoms with E-state index in [2.05, 4.69) is 30.2 Å². The fourth-order valence-electron chi connectivity index (χ4n) is 4.84. The summed E-state index contributed by atoms with van der Waals surface area (Å²) in [5, 5.41) is 0. The van der Waals surface area contributed by atoms with E-state index in [1.54, 1.807) is 33.5 Å². The third-order valence-corrected chi connectivity index (χ3v) is 6.69. The first-order valence-electron chi connectivity index (χ1n) is 11.1. The summed E-state index contributed by atoms with van der Waals surface area (Å²) in [5.41, 5.74) is 2.86. The summed E-state index contributed by atoms with van der Waals surface area (Å²) in [5.74, 6) is 1.40. The van der Waals surface area contributed by atoms with Crippen LogP contribution in [0, 0.1) is 0 Å². The minimum absolute atomic E-state index is 0. The molecule has 2 atom stereocenters. The standard InChI is InChI=1S/C26H32N2O4.ClH.H2O/c1-27-20-10-11-21(27)17-22(16-20)28(13-12-18-8-6-5-7-9-18)26(29)19-14-23(30-2)25(32-4)24(15-19)31-3;;/h5-9,14-16,20-21H,10-13,17H2,1-4H3;1H;1H2/p-1. The van der Waals surface area contributed by atoms with Crippen LogP contribution in [-0.2, 0) is 6.42 Å². The molecule has 0 saturated carbocycles. The van der Waals surface area contributed by atoms with Crippen LogP contribution in [0.4, 0.5) is 0 Å². The Morgan fingerprint density at radius 1 is 1.03 bits per heavy atom. The van der Waals surface area contributed by atoms with E-state index in [0.717, 1.165) is 25.0 Å². The number of benzene rings is 2. The molecule has 2 unspecified atom stereocenters. The molecule has 0 radical (unpaired) electrons. The van der Waals surface area contributed by atoms with E-state index in [1.807, 2.05) is 23.1 Å². The van der Waals surface area contributed by atoms with Crippen molar-refractivity contribution >= 4 is 5.91 Å². The van der Waals surface area contributed by atoms with Crippen LogP contribution in [0.2, 0.25) is 0 Å². The second-order valence-electron chi connectivity index (χ2n) is 8.43. The van der Waals surface area contributed by atoms with Gasteiger partial charge in [0.15, 0.2) is 11.5 Å². The Morgan fingerprint density at radius 2 is 1.68 bits per heavy atom. The molecule has 1 fully saturated rings. The van der Waals surface area contributed by atoms with Gasteiger partial charge in [-0.25, -0.2) is 0 Å². The van der Waals surface area contributed by atoms with Crippen molar-refractivity contribution in [2.45, 2.75) is 37.8 Å². The van der Waals surface area contributed by atoms with Crippen molar-refractivity contribution < 1.29 is 36.9 Å². The van der Waals surface area contributed by atoms with Crippen LogP contribution < -0.4 is 26.6 Å². The SMILES string of the molecule is COc1cc(C(=O)N(CCc2ccccc2)C2=CC3CCC(C2)N3C)cc(OC)c1OC.O.[Cl-]. The van der Waals surface area contributed by atoms with E-state index in [4.69, 9.17) is 14.2 Å². The van der Waals surface area contributed by atoms with E-state index in [-0.39, 0.29) is 23.8 Å². The lowest BCUT2D eigenvalue weighted by Gasteiger charge is -2.35. The van der Waals surface area contributed by atoms with Gasteiger partial charge in [-0.1, -0.05) is 30.3 Å². The number of likely N-dealkylation sites (N-methyl/N-ethyl adjacent to an activating group) is 1. The third-order valence-electron chi connectivity index (χ3n) is 6.69. The quantitative estimate of drug-likeness (QED) is 0.533. The maximum Gasteiger partial charge on any atom is 0.258 e. The number of methoxy groups -OCH3 is 3. The number of halogens is 1. The highest BCUT2D eigenvalue weighted by Crippen LogP contribution is 2.40. The van der Waals surface area contributed by atoms with Gasteiger partial charge in [-0.15, -0.1) is 0 Å². The van der Waals surface area contributed by atoms with Crippen LogP contribution in [0.25, 0.3) is 0 Å². The maximum absolute atomic E-state index is 13.8. The topological polar surface area (TPSA) is 82.7 Å². The second kappa shape index (κ2) is 12.1. The molecular weight excluding hydrogens is 456 g/mol. The van der Waals surface area contributed by atoms with Gasteiger partial charge in [-0.3, -0.25) is 9.69 Å². The molecule has 2 aliphatic heterocycles. The van der Waals surface area contributed by atoms with E-state index < -0.39 is 0 Å². The van der Waals surface area contributed by atoms with Crippen LogP contribution in [0.3, 0.4) is 0 Å². The van der Waals surface area contributed by atoms with Crippen molar-refractivity contribution in [1.29, 1.82) is 0 Å². The minimum Gasteiger partial charge on any atom is -1.00 e. The predicted molar refractivity (Wildman–Crippen MR) is 128 cm³/mol. The monoisotopic (exact) mass is 489 g/mol. The van der Waals surface area contributed by atoms with Gasteiger partial charge in [0.1, 0.15) is 0 Å². The number of fused-ring (bicyclic) bond motifs is 2. The summed E-state index contributed by atoms with van der Waals surface area (Å²) < 4.78 is 16.4. The van der Waals surface area contributed by atoms with Gasteiger partial charge in [-0.05, 0) is 50.1 Å². The zero-order chi connectivity index (χ0) is 22.7. The number of ether oxygens (including phenoxy) is 3. The van der Waals surface area contributed by atoms with Crippen molar-refractivity contribution in [3.63, 3.8) is 0 Å². The van der Waals surface area contributed by atoms with E-state index in [0.29, 0.717) is 41.4 Å². The Labute approximate surface area is 208 Å². The molecule has 0 aliphatic carbocycles. The molecule has 7 nitrogen and oxygen atoms in total. The normalized spacial score (nSPS) is 18.8. The summed E-state index contributed by atoms with van der Waals surface area (Å²) in [4.78, 5) is 18.2. The van der Waals surface area contributed by atoms with Gasteiger partial charge >= 0.3 is 0 Å². The molecule has 2 bridgehead atoms. The van der Waals surface area contributed by atoms with Gasteiger partial charge in [0.2, 0.25) is 5.75 Å². The van der Waals surface area contributed by atoms with Crippen molar-refractivity contribution in [3.05, 3.63) is 65.4 Å². The average molecular weight is 490 g/mol. The lowest BCUT2D eigenvalue weighted by molar-refractivity contribution is -0.0000186. The number of nitrogens with zero attached hydrogens (tertiary/aromatic N) is 2. The largest absolute Gasteiger partial charge is 1.00 e. The van der Waals surface area contributed by atoms with Crippen molar-refractivity contribution in [1.82, 2.24) is 9.80 Å². The molecule has 8 heteroatoms. The number of rotatable bonds is 8. The average Bonchev–Trinajstić information content (AvgIpc) is 3.03. The summed E-state index contributed by atoms with van der Waals surface area (Å²) in [6.07, 6.45) is 6.28. The highest BCUT2D eigenvalue weighted by Gasteiger charge is 2.36. The number of hydrogen-bond acceptors (Lipinski definition) is 5. The maximum atomic E-state index is 13.8. The number of carbonyl (C=O) groups excluding carboxylic acids is 1. The van der Waals surface area contributed by atoms with Gasteiger partial charge in [0, 0.05) is 36.3 Å². The first-order chi connectivity index (χ1) is 15.5. The highest BCUT2D eigenvalue weighted by atomic mass is 35.5. The lowest BCUT2D eigenvalue weighted by atomic mass is 10.0. The molecule has 2 aliphatic rings. The first-order valence-corrected chi connectivity index (χ1v) is 11.1. The molecule has 34 heavy (non-hydrogen) atoms. The first kappa shape index (κ1) is 27.5. The Kier molecular flexibility index (Phi) is 9.79. The molecule has 0 aromatic heterocycles. The van der Waals surface area contributed by atoms with E-state index in [9.17, 15) is 4.79 Å². The summed E-state index contributed by atoms with van der Waals surface area (Å²) in [7, 11) is 6.88. The van der Waals surface area contributed by atoms with Gasteiger partial charge in [0.25, 0.3) is 5.91 Å². The zero-order valence-corrected chi connectivity index (χ0v) is 21.0. The van der Waals surface area contributed by atoms with Crippen LogP contribution in [0.5, 0.6) is 17.2 Å². The molecule has 4 rings (SSSR count). The second-order valence-corrected chi connectivity index (χ2v) is 8.43. The molecule has 1 amide bonds. The number of hydrogen-bond donors (Lipinski definition) is 0.